The number of amides is 2. The van der Waals surface area contributed by atoms with Gasteiger partial charge >= 0.3 is 6.18 Å². The highest BCUT2D eigenvalue weighted by molar-refractivity contribution is 7.92. The highest BCUT2D eigenvalue weighted by Gasteiger charge is 2.35. The van der Waals surface area contributed by atoms with Crippen molar-refractivity contribution < 1.29 is 31.2 Å². The van der Waals surface area contributed by atoms with Gasteiger partial charge in [0.25, 0.3) is 10.0 Å². The smallest absolute Gasteiger partial charge is 0.357 e. The summed E-state index contributed by atoms with van der Waals surface area (Å²) in [7, 11) is -3.13. The molecule has 0 saturated heterocycles. The lowest BCUT2D eigenvalue weighted by Gasteiger charge is -2.32. The number of sulfonamides is 1. The van der Waals surface area contributed by atoms with E-state index in [0.29, 0.717) is 15.9 Å². The summed E-state index contributed by atoms with van der Waals surface area (Å²) in [6.07, 6.45) is -4.75. The summed E-state index contributed by atoms with van der Waals surface area (Å²) < 4.78 is 68.2. The molecule has 0 saturated carbocycles. The molecule has 0 aliphatic carbocycles. The minimum atomic E-state index is -4.75. The second kappa shape index (κ2) is 12.3. The third-order valence-electron chi connectivity index (χ3n) is 5.82. The molecular formula is C26H24Cl2F3N3O4S. The van der Waals surface area contributed by atoms with Gasteiger partial charge in [-0.05, 0) is 55.0 Å². The number of hydrogen-bond donors (Lipinski definition) is 1. The second-order valence-electron chi connectivity index (χ2n) is 8.43. The first-order chi connectivity index (χ1) is 18.3. The van der Waals surface area contributed by atoms with Crippen LogP contribution in [0.25, 0.3) is 0 Å². The van der Waals surface area contributed by atoms with Crippen LogP contribution in [0, 0.1) is 0 Å². The fraction of sp³-hybridized carbons (Fsp3) is 0.231. The first-order valence-electron chi connectivity index (χ1n) is 11.5. The number of carbonyl (C=O) groups excluding carboxylic acids is 2. The average Bonchev–Trinajstić information content (AvgIpc) is 2.91. The maximum absolute atomic E-state index is 13.7. The van der Waals surface area contributed by atoms with Gasteiger partial charge in [-0.15, -0.1) is 0 Å². The molecule has 0 fully saturated rings. The number of nitrogens with one attached hydrogen (secondary N) is 1. The Balaban J connectivity index is 2.09. The molecule has 1 atom stereocenters. The molecule has 0 radical (unpaired) electrons. The normalized spacial score (nSPS) is 12.5. The highest BCUT2D eigenvalue weighted by atomic mass is 35.5. The highest BCUT2D eigenvalue weighted by Crippen LogP contribution is 2.33. The van der Waals surface area contributed by atoms with E-state index < -0.39 is 46.2 Å². The standard InChI is InChI=1S/C26H24Cl2F3N3O4S/c1-17(25(36)32-2)33(15-18-11-12-22(27)23(28)13-18)24(35)16-34(39(37,38)21-9-4-3-5-10-21)20-8-6-7-19(14-20)26(29,30)31/h3-14,17H,15-16H2,1-2H3,(H,32,36). The van der Waals surface area contributed by atoms with Gasteiger partial charge in [0.15, 0.2) is 0 Å². The molecule has 7 nitrogen and oxygen atoms in total. The summed E-state index contributed by atoms with van der Waals surface area (Å²) in [6.45, 7) is 0.391. The van der Waals surface area contributed by atoms with Crippen molar-refractivity contribution in [2.45, 2.75) is 30.6 Å². The van der Waals surface area contributed by atoms with E-state index in [2.05, 4.69) is 5.32 Å². The van der Waals surface area contributed by atoms with Gasteiger partial charge in [0.2, 0.25) is 11.8 Å². The third kappa shape index (κ3) is 7.23. The number of nitrogens with zero attached hydrogens (tertiary/aromatic N) is 2. The summed E-state index contributed by atoms with van der Waals surface area (Å²) in [6, 6.07) is 14.2. The van der Waals surface area contributed by atoms with Gasteiger partial charge < -0.3 is 10.2 Å². The van der Waals surface area contributed by atoms with Gasteiger partial charge in [-0.1, -0.05) is 53.5 Å². The van der Waals surface area contributed by atoms with Crippen LogP contribution in [-0.4, -0.2) is 44.8 Å². The molecule has 2 amide bonds. The van der Waals surface area contributed by atoms with E-state index in [9.17, 15) is 31.2 Å². The summed E-state index contributed by atoms with van der Waals surface area (Å²) in [4.78, 5) is 27.0. The Morgan fingerprint density at radius 3 is 2.21 bits per heavy atom. The molecule has 13 heteroatoms. The first-order valence-corrected chi connectivity index (χ1v) is 13.7. The molecule has 3 aromatic rings. The monoisotopic (exact) mass is 601 g/mol. The molecule has 0 bridgehead atoms. The minimum Gasteiger partial charge on any atom is -0.357 e. The molecule has 208 valence electrons. The van der Waals surface area contributed by atoms with Crippen LogP contribution in [0.4, 0.5) is 18.9 Å². The van der Waals surface area contributed by atoms with Gasteiger partial charge in [0.05, 0.1) is 26.2 Å². The quantitative estimate of drug-likeness (QED) is 0.357. The molecule has 3 rings (SSSR count). The van der Waals surface area contributed by atoms with Crippen LogP contribution < -0.4 is 9.62 Å². The zero-order chi connectivity index (χ0) is 29.0. The molecule has 0 aliphatic heterocycles. The van der Waals surface area contributed by atoms with Gasteiger partial charge in [-0.2, -0.15) is 13.2 Å². The second-order valence-corrected chi connectivity index (χ2v) is 11.1. The number of rotatable bonds is 9. The average molecular weight is 602 g/mol. The Bertz CT molecular complexity index is 1450. The molecule has 1 unspecified atom stereocenters. The van der Waals surface area contributed by atoms with Crippen molar-refractivity contribution in [3.63, 3.8) is 0 Å². The zero-order valence-corrected chi connectivity index (χ0v) is 23.1. The first kappa shape index (κ1) is 30.3. The Morgan fingerprint density at radius 1 is 0.949 bits per heavy atom. The van der Waals surface area contributed by atoms with Gasteiger partial charge in [0.1, 0.15) is 12.6 Å². The lowest BCUT2D eigenvalue weighted by atomic mass is 10.1. The number of halogens is 5. The molecule has 0 aliphatic rings. The number of likely N-dealkylation sites (N-methyl/N-ethyl adjacent to an activating group) is 1. The van der Waals surface area contributed by atoms with Crippen LogP contribution in [0.2, 0.25) is 10.0 Å². The van der Waals surface area contributed by atoms with E-state index in [1.807, 2.05) is 0 Å². The predicted octanol–water partition coefficient (Wildman–Crippen LogP) is 5.37. The Kier molecular flexibility index (Phi) is 9.52. The molecular weight excluding hydrogens is 578 g/mol. The topological polar surface area (TPSA) is 86.8 Å². The lowest BCUT2D eigenvalue weighted by molar-refractivity contribution is -0.139. The fourth-order valence-electron chi connectivity index (χ4n) is 3.71. The van der Waals surface area contributed by atoms with Crippen molar-refractivity contribution in [2.24, 2.45) is 0 Å². The van der Waals surface area contributed by atoms with Crippen LogP contribution in [-0.2, 0) is 32.3 Å². The Hall–Kier alpha value is -3.28. The van der Waals surface area contributed by atoms with Crippen molar-refractivity contribution in [1.82, 2.24) is 10.2 Å². The number of alkyl halides is 3. The largest absolute Gasteiger partial charge is 0.416 e. The van der Waals surface area contributed by atoms with E-state index in [-0.39, 0.29) is 27.2 Å². The van der Waals surface area contributed by atoms with E-state index in [4.69, 9.17) is 23.2 Å². The van der Waals surface area contributed by atoms with Crippen LogP contribution in [0.15, 0.2) is 77.7 Å². The molecule has 3 aromatic carbocycles. The minimum absolute atomic E-state index is 0.161. The molecule has 0 spiro atoms. The van der Waals surface area contributed by atoms with Crippen LogP contribution in [0.3, 0.4) is 0 Å². The number of benzene rings is 3. The lowest BCUT2D eigenvalue weighted by Crippen LogP contribution is -2.50. The van der Waals surface area contributed by atoms with Crippen LogP contribution in [0.1, 0.15) is 18.1 Å². The summed E-state index contributed by atoms with van der Waals surface area (Å²) >= 11 is 12.1. The number of hydrogen-bond acceptors (Lipinski definition) is 4. The summed E-state index contributed by atoms with van der Waals surface area (Å²) in [5.41, 5.74) is -0.971. The molecule has 1 N–H and O–H groups in total. The molecule has 39 heavy (non-hydrogen) atoms. The van der Waals surface area contributed by atoms with E-state index in [1.54, 1.807) is 12.1 Å². The maximum atomic E-state index is 13.7. The van der Waals surface area contributed by atoms with Crippen molar-refractivity contribution in [2.75, 3.05) is 17.9 Å². The summed E-state index contributed by atoms with van der Waals surface area (Å²) in [5.74, 6) is -1.38. The van der Waals surface area contributed by atoms with Gasteiger partial charge in [-0.25, -0.2) is 8.42 Å². The number of carbonyl (C=O) groups is 2. The van der Waals surface area contributed by atoms with Crippen molar-refractivity contribution in [1.29, 1.82) is 0 Å². The molecule has 0 heterocycles. The maximum Gasteiger partial charge on any atom is 0.416 e. The molecule has 0 aromatic heterocycles. The van der Waals surface area contributed by atoms with Crippen molar-refractivity contribution in [3.05, 3.63) is 94.0 Å². The van der Waals surface area contributed by atoms with Crippen molar-refractivity contribution >= 4 is 50.7 Å². The van der Waals surface area contributed by atoms with Crippen LogP contribution in [0.5, 0.6) is 0 Å². The zero-order valence-electron chi connectivity index (χ0n) is 20.7. The Labute approximate surface area is 234 Å². The van der Waals surface area contributed by atoms with E-state index in [1.165, 1.54) is 50.4 Å². The number of anilines is 1. The van der Waals surface area contributed by atoms with E-state index in [0.717, 1.165) is 23.1 Å². The van der Waals surface area contributed by atoms with E-state index >= 15 is 0 Å². The Morgan fingerprint density at radius 2 is 1.62 bits per heavy atom. The fourth-order valence-corrected chi connectivity index (χ4v) is 5.46. The third-order valence-corrected chi connectivity index (χ3v) is 8.35. The predicted molar refractivity (Wildman–Crippen MR) is 143 cm³/mol. The van der Waals surface area contributed by atoms with Gasteiger partial charge in [-0.3, -0.25) is 13.9 Å². The SMILES string of the molecule is CNC(=O)C(C)N(Cc1ccc(Cl)c(Cl)c1)C(=O)CN(c1cccc(C(F)(F)F)c1)S(=O)(=O)c1ccccc1. The van der Waals surface area contributed by atoms with Crippen molar-refractivity contribution in [3.8, 4) is 0 Å². The summed E-state index contributed by atoms with van der Waals surface area (Å²) in [5, 5.41) is 2.90. The van der Waals surface area contributed by atoms with Gasteiger partial charge in [0, 0.05) is 13.6 Å². The van der Waals surface area contributed by atoms with Crippen LogP contribution >= 0.6 is 23.2 Å².